The van der Waals surface area contributed by atoms with Crippen molar-refractivity contribution in [1.82, 2.24) is 9.78 Å². The van der Waals surface area contributed by atoms with Gasteiger partial charge in [-0.3, -0.25) is 4.79 Å². The van der Waals surface area contributed by atoms with Crippen LogP contribution in [0, 0.1) is 12.7 Å². The van der Waals surface area contributed by atoms with Crippen LogP contribution in [0.3, 0.4) is 0 Å². The summed E-state index contributed by atoms with van der Waals surface area (Å²) in [6.45, 7) is 1.65. The molecule has 0 aliphatic heterocycles. The van der Waals surface area contributed by atoms with E-state index in [1.54, 1.807) is 6.92 Å². The molecule has 0 spiro atoms. The van der Waals surface area contributed by atoms with E-state index < -0.39 is 17.2 Å². The first-order chi connectivity index (χ1) is 9.88. The van der Waals surface area contributed by atoms with Crippen LogP contribution in [0.4, 0.5) is 4.39 Å². The van der Waals surface area contributed by atoms with Gasteiger partial charge in [0.2, 0.25) is 5.43 Å². The summed E-state index contributed by atoms with van der Waals surface area (Å²) in [5.74, 6) is -1.75. The second kappa shape index (κ2) is 5.88. The predicted molar refractivity (Wildman–Crippen MR) is 76.2 cm³/mol. The highest BCUT2D eigenvalue weighted by Gasteiger charge is 2.08. The first-order valence-electron chi connectivity index (χ1n) is 5.86. The molecule has 0 saturated heterocycles. The van der Waals surface area contributed by atoms with E-state index in [1.165, 1.54) is 28.9 Å². The summed E-state index contributed by atoms with van der Waals surface area (Å²) in [5.41, 5.74) is 0.525. The summed E-state index contributed by atoms with van der Waals surface area (Å²) >= 11 is 5.72. The van der Waals surface area contributed by atoms with Crippen LogP contribution in [0.15, 0.2) is 35.1 Å². The molecule has 7 heteroatoms. The third-order valence-corrected chi connectivity index (χ3v) is 2.96. The minimum atomic E-state index is -1.19. The highest BCUT2D eigenvalue weighted by Crippen LogP contribution is 2.19. The molecule has 1 aromatic carbocycles. The number of nitrogens with zero attached hydrogens (tertiary/aromatic N) is 2. The van der Waals surface area contributed by atoms with Crippen LogP contribution in [-0.2, 0) is 4.79 Å². The van der Waals surface area contributed by atoms with E-state index in [9.17, 15) is 14.0 Å². The molecule has 0 bridgehead atoms. The number of aliphatic carboxylic acids is 1. The van der Waals surface area contributed by atoms with Crippen molar-refractivity contribution < 1.29 is 14.3 Å². The Morgan fingerprint density at radius 1 is 1.43 bits per heavy atom. The van der Waals surface area contributed by atoms with Gasteiger partial charge in [-0.25, -0.2) is 13.9 Å². The monoisotopic (exact) mass is 308 g/mol. The average Bonchev–Trinajstić information content (AvgIpc) is 2.41. The van der Waals surface area contributed by atoms with E-state index in [4.69, 9.17) is 16.7 Å². The fourth-order valence-electron chi connectivity index (χ4n) is 1.70. The molecule has 0 aliphatic carbocycles. The van der Waals surface area contributed by atoms with Crippen molar-refractivity contribution in [3.63, 3.8) is 0 Å². The fourth-order valence-corrected chi connectivity index (χ4v) is 1.88. The molecular formula is C14H10ClFN2O3. The number of carboxylic acid groups (broad SMARTS) is 1. The van der Waals surface area contributed by atoms with Gasteiger partial charge in [0.05, 0.1) is 10.7 Å². The third-order valence-electron chi connectivity index (χ3n) is 2.67. The summed E-state index contributed by atoms with van der Waals surface area (Å²) in [6, 6.07) is 5.32. The zero-order valence-electron chi connectivity index (χ0n) is 10.9. The normalized spacial score (nSPS) is 11.0. The molecule has 0 saturated carbocycles. The highest BCUT2D eigenvalue weighted by molar-refractivity contribution is 6.30. The lowest BCUT2D eigenvalue weighted by Crippen LogP contribution is -2.16. The van der Waals surface area contributed by atoms with Gasteiger partial charge in [-0.15, -0.1) is 0 Å². The molecule has 2 aromatic rings. The smallest absolute Gasteiger partial charge is 0.328 e. The number of halogens is 2. The van der Waals surface area contributed by atoms with Crippen molar-refractivity contribution in [2.24, 2.45) is 0 Å². The SMILES string of the molecule is Cc1cc(=O)c(/C=C/C(=O)O)nn1-c1ccc(F)c(Cl)c1. The van der Waals surface area contributed by atoms with E-state index in [-0.39, 0.29) is 10.7 Å². The number of aromatic nitrogens is 2. The number of aryl methyl sites for hydroxylation is 1. The Kier molecular flexibility index (Phi) is 4.18. The molecule has 0 atom stereocenters. The average molecular weight is 309 g/mol. The first kappa shape index (κ1) is 14.9. The molecule has 1 aromatic heterocycles. The van der Waals surface area contributed by atoms with Crippen LogP contribution in [0.1, 0.15) is 11.4 Å². The quantitative estimate of drug-likeness (QED) is 0.884. The summed E-state index contributed by atoms with van der Waals surface area (Å²) < 4.78 is 14.6. The number of rotatable bonds is 3. The Balaban J connectivity index is 2.58. The molecule has 1 heterocycles. The fraction of sp³-hybridized carbons (Fsp3) is 0.0714. The van der Waals surface area contributed by atoms with Gasteiger partial charge in [-0.2, -0.15) is 5.10 Å². The maximum atomic E-state index is 13.2. The Morgan fingerprint density at radius 3 is 2.76 bits per heavy atom. The van der Waals surface area contributed by atoms with Crippen molar-refractivity contribution in [1.29, 1.82) is 0 Å². The van der Waals surface area contributed by atoms with Crippen LogP contribution in [0.2, 0.25) is 5.02 Å². The molecule has 0 amide bonds. The van der Waals surface area contributed by atoms with Gasteiger partial charge in [0.25, 0.3) is 0 Å². The Morgan fingerprint density at radius 2 is 2.14 bits per heavy atom. The molecule has 5 nitrogen and oxygen atoms in total. The van der Waals surface area contributed by atoms with Gasteiger partial charge in [-0.05, 0) is 31.2 Å². The van der Waals surface area contributed by atoms with E-state index in [0.29, 0.717) is 11.4 Å². The van der Waals surface area contributed by atoms with Gasteiger partial charge in [0.1, 0.15) is 11.5 Å². The molecular weight excluding hydrogens is 299 g/mol. The van der Waals surface area contributed by atoms with Crippen LogP contribution in [0.25, 0.3) is 11.8 Å². The van der Waals surface area contributed by atoms with E-state index in [1.807, 2.05) is 0 Å². The predicted octanol–water partition coefficient (Wildman–Crippen LogP) is 2.43. The minimum Gasteiger partial charge on any atom is -0.478 e. The van der Waals surface area contributed by atoms with Gasteiger partial charge in [-0.1, -0.05) is 11.6 Å². The Labute approximate surface area is 123 Å². The lowest BCUT2D eigenvalue weighted by atomic mass is 10.2. The second-order valence-corrected chi connectivity index (χ2v) is 4.62. The lowest BCUT2D eigenvalue weighted by Gasteiger charge is -2.10. The highest BCUT2D eigenvalue weighted by atomic mass is 35.5. The lowest BCUT2D eigenvalue weighted by molar-refractivity contribution is -0.131. The molecule has 21 heavy (non-hydrogen) atoms. The summed E-state index contributed by atoms with van der Waals surface area (Å²) in [4.78, 5) is 22.3. The summed E-state index contributed by atoms with van der Waals surface area (Å²) in [7, 11) is 0. The van der Waals surface area contributed by atoms with Crippen LogP contribution in [-0.4, -0.2) is 20.9 Å². The van der Waals surface area contributed by atoms with Gasteiger partial charge in [0, 0.05) is 17.8 Å². The molecule has 1 N–H and O–H groups in total. The van der Waals surface area contributed by atoms with Crippen LogP contribution >= 0.6 is 11.6 Å². The van der Waals surface area contributed by atoms with Crippen molar-refractivity contribution in [2.75, 3.05) is 0 Å². The van der Waals surface area contributed by atoms with Crippen LogP contribution in [0.5, 0.6) is 0 Å². The minimum absolute atomic E-state index is 0.0385. The maximum absolute atomic E-state index is 13.2. The zero-order chi connectivity index (χ0) is 15.6. The largest absolute Gasteiger partial charge is 0.478 e. The molecule has 0 aliphatic rings. The summed E-state index contributed by atoms with van der Waals surface area (Å²) in [5, 5.41) is 12.6. The molecule has 0 unspecified atom stereocenters. The van der Waals surface area contributed by atoms with Crippen molar-refractivity contribution in [2.45, 2.75) is 6.92 Å². The van der Waals surface area contributed by atoms with Crippen molar-refractivity contribution in [3.05, 3.63) is 62.8 Å². The molecule has 0 fully saturated rings. The second-order valence-electron chi connectivity index (χ2n) is 4.22. The Hall–Kier alpha value is -2.47. The van der Waals surface area contributed by atoms with E-state index in [2.05, 4.69) is 5.10 Å². The third kappa shape index (κ3) is 3.35. The number of hydrogen-bond acceptors (Lipinski definition) is 3. The number of carboxylic acids is 1. The molecule has 108 valence electrons. The van der Waals surface area contributed by atoms with Gasteiger partial charge >= 0.3 is 5.97 Å². The number of hydrogen-bond donors (Lipinski definition) is 1. The summed E-state index contributed by atoms with van der Waals surface area (Å²) in [6.07, 6.45) is 1.92. The van der Waals surface area contributed by atoms with Crippen LogP contribution < -0.4 is 5.43 Å². The number of benzene rings is 1. The molecule has 2 rings (SSSR count). The zero-order valence-corrected chi connectivity index (χ0v) is 11.6. The van der Waals surface area contributed by atoms with Crippen molar-refractivity contribution >= 4 is 23.6 Å². The van der Waals surface area contributed by atoms with E-state index in [0.717, 1.165) is 12.2 Å². The number of carbonyl (C=O) groups is 1. The van der Waals surface area contributed by atoms with Crippen molar-refractivity contribution in [3.8, 4) is 5.69 Å². The maximum Gasteiger partial charge on any atom is 0.328 e. The van der Waals surface area contributed by atoms with Gasteiger partial charge < -0.3 is 5.11 Å². The van der Waals surface area contributed by atoms with Gasteiger partial charge in [0.15, 0.2) is 0 Å². The first-order valence-corrected chi connectivity index (χ1v) is 6.23. The topological polar surface area (TPSA) is 72.2 Å². The molecule has 0 radical (unpaired) electrons. The standard InChI is InChI=1S/C14H10ClFN2O3/c1-8-6-13(19)12(4-5-14(20)21)17-18(8)9-2-3-11(16)10(15)7-9/h2-7H,1H3,(H,20,21)/b5-4+. The Bertz CT molecular complexity index is 799. The van der Waals surface area contributed by atoms with E-state index >= 15 is 0 Å².